The standard InChI is InChI=1S/C25H27NO3/c27-25(28)23(16-18-6-2-1-3-7-18)19-11-14-22(15-12-19)29-17-21-13-10-20-8-4-5-9-24(20)26-21/h4-5,8-15,18,23H,1-3,6-7,16-17H2,(H,27,28). The van der Waals surface area contributed by atoms with E-state index in [2.05, 4.69) is 4.98 Å². The van der Waals surface area contributed by atoms with Crippen LogP contribution < -0.4 is 4.74 Å². The van der Waals surface area contributed by atoms with Gasteiger partial charge in [-0.05, 0) is 42.2 Å². The average Bonchev–Trinajstić information content (AvgIpc) is 2.77. The molecule has 4 heteroatoms. The summed E-state index contributed by atoms with van der Waals surface area (Å²) in [5, 5.41) is 10.8. The van der Waals surface area contributed by atoms with Gasteiger partial charge < -0.3 is 9.84 Å². The topological polar surface area (TPSA) is 59.4 Å². The fourth-order valence-corrected chi connectivity index (χ4v) is 4.28. The average molecular weight is 389 g/mol. The summed E-state index contributed by atoms with van der Waals surface area (Å²) in [5.41, 5.74) is 2.68. The Morgan fingerprint density at radius 3 is 2.52 bits per heavy atom. The van der Waals surface area contributed by atoms with Crippen LogP contribution in [0.2, 0.25) is 0 Å². The summed E-state index contributed by atoms with van der Waals surface area (Å²) >= 11 is 0. The smallest absolute Gasteiger partial charge is 0.310 e. The largest absolute Gasteiger partial charge is 0.487 e. The van der Waals surface area contributed by atoms with Gasteiger partial charge in [-0.1, -0.05) is 68.5 Å². The van der Waals surface area contributed by atoms with Crippen LogP contribution in [0.3, 0.4) is 0 Å². The molecule has 0 saturated heterocycles. The highest BCUT2D eigenvalue weighted by Crippen LogP contribution is 2.33. The number of nitrogens with zero attached hydrogens (tertiary/aromatic N) is 1. The molecule has 0 bridgehead atoms. The summed E-state index contributed by atoms with van der Waals surface area (Å²) in [5.74, 6) is 0.0872. The zero-order valence-electron chi connectivity index (χ0n) is 16.6. The van der Waals surface area contributed by atoms with Gasteiger partial charge in [-0.15, -0.1) is 0 Å². The highest BCUT2D eigenvalue weighted by atomic mass is 16.5. The predicted molar refractivity (Wildman–Crippen MR) is 114 cm³/mol. The highest BCUT2D eigenvalue weighted by Gasteiger charge is 2.25. The number of carbonyl (C=O) groups is 1. The van der Waals surface area contributed by atoms with Crippen LogP contribution in [0.25, 0.3) is 10.9 Å². The third kappa shape index (κ3) is 4.94. The van der Waals surface area contributed by atoms with Crippen molar-refractivity contribution in [1.29, 1.82) is 0 Å². The minimum absolute atomic E-state index is 0.384. The number of pyridine rings is 1. The van der Waals surface area contributed by atoms with E-state index in [0.29, 0.717) is 12.5 Å². The van der Waals surface area contributed by atoms with Gasteiger partial charge in [0.05, 0.1) is 17.1 Å². The van der Waals surface area contributed by atoms with Crippen molar-refractivity contribution in [2.24, 2.45) is 5.92 Å². The first-order chi connectivity index (χ1) is 14.2. The second-order valence-corrected chi connectivity index (χ2v) is 7.98. The second kappa shape index (κ2) is 9.08. The van der Waals surface area contributed by atoms with Crippen molar-refractivity contribution in [3.63, 3.8) is 0 Å². The van der Waals surface area contributed by atoms with E-state index in [1.165, 1.54) is 19.3 Å². The molecule has 150 valence electrons. The Balaban J connectivity index is 1.39. The molecule has 1 fully saturated rings. The Hall–Kier alpha value is -2.88. The molecule has 1 atom stereocenters. The summed E-state index contributed by atoms with van der Waals surface area (Å²) in [6, 6.07) is 19.6. The highest BCUT2D eigenvalue weighted by molar-refractivity contribution is 5.78. The molecule has 1 unspecified atom stereocenters. The van der Waals surface area contributed by atoms with Crippen LogP contribution in [0.1, 0.15) is 55.7 Å². The lowest BCUT2D eigenvalue weighted by atomic mass is 9.80. The summed E-state index contributed by atoms with van der Waals surface area (Å²) in [6.45, 7) is 0.384. The van der Waals surface area contributed by atoms with E-state index in [9.17, 15) is 9.90 Å². The third-order valence-electron chi connectivity index (χ3n) is 5.92. The molecule has 1 aliphatic rings. The quantitative estimate of drug-likeness (QED) is 0.542. The molecule has 4 rings (SSSR count). The fraction of sp³-hybridized carbons (Fsp3) is 0.360. The van der Waals surface area contributed by atoms with Crippen molar-refractivity contribution in [3.8, 4) is 5.75 Å². The molecule has 2 aromatic carbocycles. The van der Waals surface area contributed by atoms with Gasteiger partial charge in [-0.2, -0.15) is 0 Å². The fourth-order valence-electron chi connectivity index (χ4n) is 4.28. The summed E-state index contributed by atoms with van der Waals surface area (Å²) in [6.07, 6.45) is 6.79. The number of aliphatic carboxylic acids is 1. The molecule has 0 radical (unpaired) electrons. The van der Waals surface area contributed by atoms with E-state index in [0.717, 1.165) is 47.2 Å². The minimum atomic E-state index is -0.732. The molecule has 1 aromatic heterocycles. The zero-order chi connectivity index (χ0) is 20.1. The maximum absolute atomic E-state index is 11.8. The number of aromatic nitrogens is 1. The monoisotopic (exact) mass is 389 g/mol. The molecular formula is C25H27NO3. The van der Waals surface area contributed by atoms with Crippen LogP contribution in [0.5, 0.6) is 5.75 Å². The number of carboxylic acids is 1. The first kappa shape index (κ1) is 19.4. The number of para-hydroxylation sites is 1. The van der Waals surface area contributed by atoms with Crippen LogP contribution >= 0.6 is 0 Å². The van der Waals surface area contributed by atoms with Crippen LogP contribution in [0.15, 0.2) is 60.7 Å². The van der Waals surface area contributed by atoms with Gasteiger partial charge in [0.2, 0.25) is 0 Å². The van der Waals surface area contributed by atoms with Gasteiger partial charge in [-0.3, -0.25) is 4.79 Å². The minimum Gasteiger partial charge on any atom is -0.487 e. The molecule has 1 saturated carbocycles. The van der Waals surface area contributed by atoms with Crippen molar-refractivity contribution in [2.45, 2.75) is 51.0 Å². The maximum Gasteiger partial charge on any atom is 0.310 e. The lowest BCUT2D eigenvalue weighted by Gasteiger charge is -2.24. The normalized spacial score (nSPS) is 15.9. The molecule has 4 nitrogen and oxygen atoms in total. The number of hydrogen-bond acceptors (Lipinski definition) is 3. The van der Waals surface area contributed by atoms with E-state index >= 15 is 0 Å². The van der Waals surface area contributed by atoms with Gasteiger partial charge in [-0.25, -0.2) is 4.98 Å². The lowest BCUT2D eigenvalue weighted by Crippen LogP contribution is -2.18. The molecule has 0 amide bonds. The summed E-state index contributed by atoms with van der Waals surface area (Å²) in [7, 11) is 0. The van der Waals surface area contributed by atoms with E-state index in [-0.39, 0.29) is 0 Å². The number of benzene rings is 2. The zero-order valence-corrected chi connectivity index (χ0v) is 16.6. The van der Waals surface area contributed by atoms with E-state index in [1.807, 2.05) is 60.7 Å². The van der Waals surface area contributed by atoms with Crippen molar-refractivity contribution >= 4 is 16.9 Å². The summed E-state index contributed by atoms with van der Waals surface area (Å²) in [4.78, 5) is 16.5. The van der Waals surface area contributed by atoms with Crippen LogP contribution in [-0.4, -0.2) is 16.1 Å². The van der Waals surface area contributed by atoms with E-state index in [4.69, 9.17) is 4.74 Å². The number of hydrogen-bond donors (Lipinski definition) is 1. The molecule has 1 aliphatic carbocycles. The van der Waals surface area contributed by atoms with Crippen molar-refractivity contribution in [2.75, 3.05) is 0 Å². The van der Waals surface area contributed by atoms with Crippen molar-refractivity contribution in [1.82, 2.24) is 4.98 Å². The Morgan fingerprint density at radius 2 is 1.76 bits per heavy atom. The van der Waals surface area contributed by atoms with Gasteiger partial charge in [0.1, 0.15) is 12.4 Å². The van der Waals surface area contributed by atoms with Crippen molar-refractivity contribution < 1.29 is 14.6 Å². The number of rotatable bonds is 7. The Bertz CT molecular complexity index is 961. The van der Waals surface area contributed by atoms with Gasteiger partial charge in [0, 0.05) is 5.39 Å². The summed E-state index contributed by atoms with van der Waals surface area (Å²) < 4.78 is 5.88. The van der Waals surface area contributed by atoms with Crippen LogP contribution in [-0.2, 0) is 11.4 Å². The first-order valence-electron chi connectivity index (χ1n) is 10.5. The Labute approximate surface area is 171 Å². The number of fused-ring (bicyclic) bond motifs is 1. The Morgan fingerprint density at radius 1 is 1.00 bits per heavy atom. The Kier molecular flexibility index (Phi) is 6.09. The van der Waals surface area contributed by atoms with Gasteiger partial charge in [0.15, 0.2) is 0 Å². The number of carboxylic acid groups (broad SMARTS) is 1. The van der Waals surface area contributed by atoms with Gasteiger partial charge >= 0.3 is 5.97 Å². The van der Waals surface area contributed by atoms with E-state index in [1.54, 1.807) is 0 Å². The second-order valence-electron chi connectivity index (χ2n) is 7.98. The molecule has 3 aromatic rings. The maximum atomic E-state index is 11.8. The predicted octanol–water partition coefficient (Wildman–Crippen LogP) is 5.95. The van der Waals surface area contributed by atoms with Gasteiger partial charge in [0.25, 0.3) is 0 Å². The van der Waals surface area contributed by atoms with Crippen LogP contribution in [0, 0.1) is 5.92 Å². The van der Waals surface area contributed by atoms with Crippen LogP contribution in [0.4, 0.5) is 0 Å². The molecule has 0 spiro atoms. The lowest BCUT2D eigenvalue weighted by molar-refractivity contribution is -0.139. The first-order valence-corrected chi connectivity index (χ1v) is 10.5. The van der Waals surface area contributed by atoms with E-state index < -0.39 is 11.9 Å². The molecule has 1 N–H and O–H groups in total. The molecular weight excluding hydrogens is 362 g/mol. The SMILES string of the molecule is O=C(O)C(CC1CCCCC1)c1ccc(OCc2ccc3ccccc3n2)cc1. The number of ether oxygens (including phenoxy) is 1. The molecule has 0 aliphatic heterocycles. The third-order valence-corrected chi connectivity index (χ3v) is 5.92. The molecule has 1 heterocycles. The molecule has 29 heavy (non-hydrogen) atoms. The van der Waals surface area contributed by atoms with Crippen molar-refractivity contribution in [3.05, 3.63) is 71.9 Å².